The minimum Gasteiger partial charge on any atom is -0.381 e. The van der Waals surface area contributed by atoms with Crippen LogP contribution in [0.1, 0.15) is 15.9 Å². The molecule has 0 spiro atoms. The second-order valence-corrected chi connectivity index (χ2v) is 5.24. The minimum absolute atomic E-state index is 0.0582. The van der Waals surface area contributed by atoms with Crippen molar-refractivity contribution in [3.05, 3.63) is 59.7 Å². The van der Waals surface area contributed by atoms with Crippen LogP contribution >= 0.6 is 11.8 Å². The van der Waals surface area contributed by atoms with Crippen molar-refractivity contribution >= 4 is 23.4 Å². The van der Waals surface area contributed by atoms with E-state index < -0.39 is 0 Å². The zero-order valence-corrected chi connectivity index (χ0v) is 12.5. The molecule has 0 aliphatic heterocycles. The number of nitrogens with one attached hydrogen (secondary N) is 2. The van der Waals surface area contributed by atoms with E-state index in [-0.39, 0.29) is 5.91 Å². The van der Waals surface area contributed by atoms with Gasteiger partial charge in [-0.3, -0.25) is 4.79 Å². The van der Waals surface area contributed by atoms with Gasteiger partial charge in [0.2, 0.25) is 0 Å². The molecule has 0 aliphatic carbocycles. The maximum Gasteiger partial charge on any atom is 0.251 e. The Labute approximate surface area is 123 Å². The first-order valence-electron chi connectivity index (χ1n) is 6.42. The summed E-state index contributed by atoms with van der Waals surface area (Å²) in [5.74, 6) is -0.0582. The SMILES string of the molecule is CNC(=O)c1ccc(CNc2ccc(SC)cc2)cc1. The monoisotopic (exact) mass is 286 g/mol. The van der Waals surface area contributed by atoms with Crippen LogP contribution in [0.25, 0.3) is 0 Å². The summed E-state index contributed by atoms with van der Waals surface area (Å²) in [6, 6.07) is 16.0. The van der Waals surface area contributed by atoms with Gasteiger partial charge in [-0.05, 0) is 48.2 Å². The Morgan fingerprint density at radius 1 is 1.05 bits per heavy atom. The highest BCUT2D eigenvalue weighted by Gasteiger charge is 2.02. The lowest BCUT2D eigenvalue weighted by Gasteiger charge is -2.08. The highest BCUT2D eigenvalue weighted by Crippen LogP contribution is 2.18. The third-order valence-electron chi connectivity index (χ3n) is 3.03. The predicted octanol–water partition coefficient (Wildman–Crippen LogP) is 3.38. The first kappa shape index (κ1) is 14.5. The first-order valence-corrected chi connectivity index (χ1v) is 7.64. The number of rotatable bonds is 5. The van der Waals surface area contributed by atoms with Crippen molar-refractivity contribution in [2.45, 2.75) is 11.4 Å². The molecule has 0 saturated heterocycles. The van der Waals surface area contributed by atoms with Crippen LogP contribution < -0.4 is 10.6 Å². The van der Waals surface area contributed by atoms with Crippen LogP contribution in [0.2, 0.25) is 0 Å². The summed E-state index contributed by atoms with van der Waals surface area (Å²) in [7, 11) is 1.63. The summed E-state index contributed by atoms with van der Waals surface area (Å²) in [6.45, 7) is 0.743. The van der Waals surface area contributed by atoms with Gasteiger partial charge < -0.3 is 10.6 Å². The fourth-order valence-corrected chi connectivity index (χ4v) is 2.24. The molecule has 0 aromatic heterocycles. The lowest BCUT2D eigenvalue weighted by molar-refractivity contribution is 0.0963. The lowest BCUT2D eigenvalue weighted by Crippen LogP contribution is -2.17. The summed E-state index contributed by atoms with van der Waals surface area (Å²) in [5.41, 5.74) is 2.92. The number of hydrogen-bond donors (Lipinski definition) is 2. The second kappa shape index (κ2) is 7.01. The van der Waals surface area contributed by atoms with Crippen LogP contribution in [0.15, 0.2) is 53.4 Å². The van der Waals surface area contributed by atoms with Crippen LogP contribution in [0.3, 0.4) is 0 Å². The number of anilines is 1. The van der Waals surface area contributed by atoms with E-state index in [0.29, 0.717) is 5.56 Å². The summed E-state index contributed by atoms with van der Waals surface area (Å²) < 4.78 is 0. The van der Waals surface area contributed by atoms with Crippen LogP contribution in [0.5, 0.6) is 0 Å². The zero-order chi connectivity index (χ0) is 14.4. The molecule has 0 saturated carbocycles. The van der Waals surface area contributed by atoms with E-state index >= 15 is 0 Å². The summed E-state index contributed by atoms with van der Waals surface area (Å²) in [5, 5.41) is 5.98. The smallest absolute Gasteiger partial charge is 0.251 e. The molecule has 0 heterocycles. The molecule has 0 radical (unpaired) electrons. The number of carbonyl (C=O) groups excluding carboxylic acids is 1. The lowest BCUT2D eigenvalue weighted by atomic mass is 10.1. The van der Waals surface area contributed by atoms with Crippen molar-refractivity contribution in [3.8, 4) is 0 Å². The summed E-state index contributed by atoms with van der Waals surface area (Å²) >= 11 is 1.73. The largest absolute Gasteiger partial charge is 0.381 e. The maximum absolute atomic E-state index is 11.4. The Bertz CT molecular complexity index is 564. The van der Waals surface area contributed by atoms with Crippen molar-refractivity contribution in [1.29, 1.82) is 0 Å². The topological polar surface area (TPSA) is 41.1 Å². The molecular formula is C16H18N2OS. The van der Waals surface area contributed by atoms with Gasteiger partial charge in [-0.1, -0.05) is 12.1 Å². The first-order chi connectivity index (χ1) is 9.72. The molecule has 2 N–H and O–H groups in total. The fraction of sp³-hybridized carbons (Fsp3) is 0.188. The van der Waals surface area contributed by atoms with Gasteiger partial charge in [0.15, 0.2) is 0 Å². The van der Waals surface area contributed by atoms with E-state index in [0.717, 1.165) is 17.8 Å². The Balaban J connectivity index is 1.94. The van der Waals surface area contributed by atoms with Crippen LogP contribution in [-0.2, 0) is 6.54 Å². The quantitative estimate of drug-likeness (QED) is 0.828. The van der Waals surface area contributed by atoms with Gasteiger partial charge in [-0.25, -0.2) is 0 Å². The Hall–Kier alpha value is -1.94. The molecule has 4 heteroatoms. The van der Waals surface area contributed by atoms with Gasteiger partial charge in [0, 0.05) is 29.7 Å². The van der Waals surface area contributed by atoms with Gasteiger partial charge >= 0.3 is 0 Å². The standard InChI is InChI=1S/C16H18N2OS/c1-17-16(19)13-5-3-12(4-6-13)11-18-14-7-9-15(20-2)10-8-14/h3-10,18H,11H2,1-2H3,(H,17,19). The molecule has 20 heavy (non-hydrogen) atoms. The molecular weight excluding hydrogens is 268 g/mol. The van der Waals surface area contributed by atoms with Crippen molar-refractivity contribution in [2.75, 3.05) is 18.6 Å². The normalized spacial score (nSPS) is 10.1. The van der Waals surface area contributed by atoms with E-state index in [2.05, 4.69) is 41.2 Å². The molecule has 0 unspecified atom stereocenters. The third-order valence-corrected chi connectivity index (χ3v) is 3.77. The molecule has 0 atom stereocenters. The van der Waals surface area contributed by atoms with Gasteiger partial charge in [-0.15, -0.1) is 11.8 Å². The molecule has 0 aliphatic rings. The predicted molar refractivity (Wildman–Crippen MR) is 85.4 cm³/mol. The number of carbonyl (C=O) groups is 1. The number of amides is 1. The molecule has 2 aromatic carbocycles. The van der Waals surface area contributed by atoms with E-state index in [1.807, 2.05) is 24.3 Å². The van der Waals surface area contributed by atoms with Gasteiger partial charge in [0.05, 0.1) is 0 Å². The molecule has 104 valence electrons. The number of thioether (sulfide) groups is 1. The van der Waals surface area contributed by atoms with Crippen LogP contribution in [0, 0.1) is 0 Å². The molecule has 1 amide bonds. The zero-order valence-electron chi connectivity index (χ0n) is 11.6. The van der Waals surface area contributed by atoms with Crippen molar-refractivity contribution in [2.24, 2.45) is 0 Å². The highest BCUT2D eigenvalue weighted by molar-refractivity contribution is 7.98. The van der Waals surface area contributed by atoms with Crippen molar-refractivity contribution in [1.82, 2.24) is 5.32 Å². The highest BCUT2D eigenvalue weighted by atomic mass is 32.2. The second-order valence-electron chi connectivity index (χ2n) is 4.36. The Morgan fingerprint density at radius 3 is 2.25 bits per heavy atom. The van der Waals surface area contributed by atoms with E-state index in [1.54, 1.807) is 18.8 Å². The van der Waals surface area contributed by atoms with Crippen LogP contribution in [0.4, 0.5) is 5.69 Å². The summed E-state index contributed by atoms with van der Waals surface area (Å²) in [4.78, 5) is 12.7. The Morgan fingerprint density at radius 2 is 1.70 bits per heavy atom. The molecule has 0 bridgehead atoms. The minimum atomic E-state index is -0.0582. The van der Waals surface area contributed by atoms with Crippen molar-refractivity contribution < 1.29 is 4.79 Å². The average Bonchev–Trinajstić information content (AvgIpc) is 2.53. The molecule has 2 rings (SSSR count). The average molecular weight is 286 g/mol. The Kier molecular flexibility index (Phi) is 5.07. The van der Waals surface area contributed by atoms with Gasteiger partial charge in [-0.2, -0.15) is 0 Å². The van der Waals surface area contributed by atoms with Crippen molar-refractivity contribution in [3.63, 3.8) is 0 Å². The molecule has 3 nitrogen and oxygen atoms in total. The fourth-order valence-electron chi connectivity index (χ4n) is 1.83. The summed E-state index contributed by atoms with van der Waals surface area (Å²) in [6.07, 6.45) is 2.07. The maximum atomic E-state index is 11.4. The molecule has 2 aromatic rings. The molecule has 0 fully saturated rings. The van der Waals surface area contributed by atoms with Crippen LogP contribution in [-0.4, -0.2) is 19.2 Å². The number of hydrogen-bond acceptors (Lipinski definition) is 3. The third kappa shape index (κ3) is 3.78. The van der Waals surface area contributed by atoms with Gasteiger partial charge in [0.25, 0.3) is 5.91 Å². The number of benzene rings is 2. The van der Waals surface area contributed by atoms with E-state index in [9.17, 15) is 4.79 Å². The van der Waals surface area contributed by atoms with Gasteiger partial charge in [0.1, 0.15) is 0 Å². The van der Waals surface area contributed by atoms with E-state index in [4.69, 9.17) is 0 Å². The van der Waals surface area contributed by atoms with E-state index in [1.165, 1.54) is 4.90 Å².